The third kappa shape index (κ3) is 34.7. The fourth-order valence-electron chi connectivity index (χ4n) is 0. The van der Waals surface area contributed by atoms with Gasteiger partial charge in [0.2, 0.25) is 0 Å². The Bertz CT molecular complexity index is 17.1. The first kappa shape index (κ1) is 16.3. The molecule has 2 radical (unpaired) electrons. The van der Waals surface area contributed by atoms with Gasteiger partial charge in [-0.1, -0.05) is 0 Å². The summed E-state index contributed by atoms with van der Waals surface area (Å²) in [6, 6.07) is 0. The molecule has 0 bridgehead atoms. The second-order valence-corrected chi connectivity index (χ2v) is 0.238. The van der Waals surface area contributed by atoms with E-state index in [9.17, 15) is 0 Å². The molecular formula is HCoMnNiO2. The van der Waals surface area contributed by atoms with Crippen LogP contribution in [0.25, 0.3) is 0 Å². The van der Waals surface area contributed by atoms with Gasteiger partial charge in [-0.3, -0.25) is 0 Å². The fraction of sp³-hybridized carbons (Fsp3) is 0. The first-order valence-electron chi connectivity index (χ1n) is 0.271. The predicted octanol–water partition coefficient (Wildman–Crippen LogP) is -0.683. The van der Waals surface area contributed by atoms with Gasteiger partial charge in [0.15, 0.2) is 0 Å². The zero-order valence-corrected chi connectivity index (χ0v) is 5.09. The Morgan fingerprint density at radius 1 is 1.60 bits per heavy atom. The third-order valence-electron chi connectivity index (χ3n) is 0. The molecule has 0 saturated heterocycles. The summed E-state index contributed by atoms with van der Waals surface area (Å²) < 4.78 is 15.4. The summed E-state index contributed by atoms with van der Waals surface area (Å²) >= 11 is -0.625. The molecule has 0 aromatic heterocycles. The Morgan fingerprint density at radius 3 is 1.60 bits per heavy atom. The van der Waals surface area contributed by atoms with Gasteiger partial charge in [0, 0.05) is 33.8 Å². The second kappa shape index (κ2) is 18.6. The minimum atomic E-state index is -0.625. The molecule has 0 unspecified atom stereocenters. The maximum absolute atomic E-state index is 8.42. The fourth-order valence-corrected chi connectivity index (χ4v) is 0. The maximum atomic E-state index is 8.42. The Labute approximate surface area is 56.7 Å². The van der Waals surface area contributed by atoms with Gasteiger partial charge in [-0.15, -0.1) is 0 Å². The number of hydrogen-bond donors (Lipinski definition) is 1. The van der Waals surface area contributed by atoms with E-state index in [4.69, 9.17) is 8.15 Å². The summed E-state index contributed by atoms with van der Waals surface area (Å²) in [5.41, 5.74) is 0. The normalized spacial score (nSPS) is 4.20. The molecule has 5 heteroatoms. The number of hydrogen-bond acceptors (Lipinski definition) is 1. The van der Waals surface area contributed by atoms with Crippen molar-refractivity contribution in [3.8, 4) is 0 Å². The Kier molecular flexibility index (Phi) is 60.6. The summed E-state index contributed by atoms with van der Waals surface area (Å²) in [6.45, 7) is 0. The molecule has 2 nitrogen and oxygen atoms in total. The summed E-state index contributed by atoms with van der Waals surface area (Å²) in [4.78, 5) is 0. The van der Waals surface area contributed by atoms with Crippen molar-refractivity contribution in [1.29, 1.82) is 0 Å². The molecule has 5 heavy (non-hydrogen) atoms. The Morgan fingerprint density at radius 2 is 1.60 bits per heavy atom. The Balaban J connectivity index is -0.0000000200. The first-order chi connectivity index (χ1) is 1.41. The van der Waals surface area contributed by atoms with Crippen molar-refractivity contribution in [2.45, 2.75) is 0 Å². The van der Waals surface area contributed by atoms with Crippen LogP contribution in [0.1, 0.15) is 0 Å². The summed E-state index contributed by atoms with van der Waals surface area (Å²) in [5, 5.41) is 0. The van der Waals surface area contributed by atoms with Crippen molar-refractivity contribution in [3.63, 3.8) is 0 Å². The van der Waals surface area contributed by atoms with Crippen molar-refractivity contribution in [2.75, 3.05) is 0 Å². The SMILES string of the molecule is [Co].[Mn].[O]=[Ni][OH]. The van der Waals surface area contributed by atoms with Crippen LogP contribution in [0.4, 0.5) is 0 Å². The molecule has 0 saturated carbocycles. The van der Waals surface area contributed by atoms with Gasteiger partial charge >= 0.3 is 22.8 Å². The molecule has 0 rings (SSSR count). The van der Waals surface area contributed by atoms with Gasteiger partial charge in [-0.2, -0.15) is 0 Å². The zero-order chi connectivity index (χ0) is 2.71. The quantitative estimate of drug-likeness (QED) is 0.532. The van der Waals surface area contributed by atoms with E-state index >= 15 is 0 Å². The molecular weight excluding hydrogens is 205 g/mol. The zero-order valence-electron chi connectivity index (χ0n) is 1.88. The molecule has 0 heterocycles. The summed E-state index contributed by atoms with van der Waals surface area (Å²) in [7, 11) is 0. The monoisotopic (exact) mass is 205 g/mol. The van der Waals surface area contributed by atoms with Crippen LogP contribution in [0, 0.1) is 0 Å². The van der Waals surface area contributed by atoms with E-state index in [1.54, 1.807) is 0 Å². The summed E-state index contributed by atoms with van der Waals surface area (Å²) in [6.07, 6.45) is 0. The van der Waals surface area contributed by atoms with E-state index in [2.05, 4.69) is 0 Å². The second-order valence-electron chi connectivity index (χ2n) is 0.0577. The van der Waals surface area contributed by atoms with Crippen molar-refractivity contribution < 1.29 is 56.7 Å². The van der Waals surface area contributed by atoms with Crippen LogP contribution < -0.4 is 0 Å². The van der Waals surface area contributed by atoms with E-state index < -0.39 is 14.7 Å². The van der Waals surface area contributed by atoms with Crippen LogP contribution in [0.2, 0.25) is 0 Å². The molecule has 0 aromatic rings. The van der Waals surface area contributed by atoms with Gasteiger partial charge < -0.3 is 0 Å². The molecule has 0 aliphatic heterocycles. The molecule has 1 N–H and O–H groups in total. The van der Waals surface area contributed by atoms with Crippen LogP contribution in [-0.4, -0.2) is 4.25 Å². The molecule has 0 aromatic carbocycles. The van der Waals surface area contributed by atoms with Crippen LogP contribution in [0.5, 0.6) is 0 Å². The van der Waals surface area contributed by atoms with Crippen molar-refractivity contribution in [3.05, 3.63) is 0 Å². The standard InChI is InChI=1S/Co.Mn.Ni.H2O.O/h;;;1H2;/q;;+1;;/p-1. The van der Waals surface area contributed by atoms with E-state index in [0.717, 1.165) is 0 Å². The van der Waals surface area contributed by atoms with Gasteiger partial charge in [0.25, 0.3) is 0 Å². The minimum absolute atomic E-state index is 0. The Hall–Kier alpha value is 1.28. The average Bonchev–Trinajstić information content (AvgIpc) is 0.918. The van der Waals surface area contributed by atoms with E-state index in [0.29, 0.717) is 0 Å². The molecule has 0 aliphatic rings. The molecule has 0 fully saturated rings. The predicted molar refractivity (Wildman–Crippen MR) is 2.91 cm³/mol. The van der Waals surface area contributed by atoms with E-state index in [1.165, 1.54) is 0 Å². The van der Waals surface area contributed by atoms with Crippen molar-refractivity contribution >= 4 is 0 Å². The molecule has 0 amide bonds. The van der Waals surface area contributed by atoms with Crippen LogP contribution in [-0.2, 0) is 52.4 Å². The van der Waals surface area contributed by atoms with Crippen LogP contribution in [0.15, 0.2) is 0 Å². The number of rotatable bonds is 0. The first-order valence-corrected chi connectivity index (χ1v) is 1.12. The third-order valence-corrected chi connectivity index (χ3v) is 0. The van der Waals surface area contributed by atoms with Crippen LogP contribution in [0.3, 0.4) is 0 Å². The van der Waals surface area contributed by atoms with Gasteiger partial charge in [0.05, 0.1) is 0 Å². The summed E-state index contributed by atoms with van der Waals surface area (Å²) in [5.74, 6) is 0. The molecule has 0 atom stereocenters. The topological polar surface area (TPSA) is 37.3 Å². The van der Waals surface area contributed by atoms with E-state index in [1.807, 2.05) is 0 Å². The molecule has 0 aliphatic carbocycles. The van der Waals surface area contributed by atoms with Gasteiger partial charge in [-0.05, 0) is 0 Å². The van der Waals surface area contributed by atoms with Crippen molar-refractivity contribution in [1.82, 2.24) is 0 Å². The van der Waals surface area contributed by atoms with Crippen molar-refractivity contribution in [2.24, 2.45) is 0 Å². The molecule has 0 spiro atoms. The molecule has 39 valence electrons. The van der Waals surface area contributed by atoms with Gasteiger partial charge in [-0.25, -0.2) is 0 Å². The average molecular weight is 206 g/mol. The van der Waals surface area contributed by atoms with Gasteiger partial charge in [0.1, 0.15) is 0 Å². The van der Waals surface area contributed by atoms with E-state index in [-0.39, 0.29) is 33.8 Å². The van der Waals surface area contributed by atoms with Crippen LogP contribution >= 0.6 is 0 Å².